The first-order chi connectivity index (χ1) is 10.1. The van der Waals surface area contributed by atoms with Gasteiger partial charge in [-0.25, -0.2) is 4.39 Å². The van der Waals surface area contributed by atoms with Gasteiger partial charge in [0.1, 0.15) is 11.6 Å². The molecular weight excluding hydrogens is 271 g/mol. The second-order valence-corrected chi connectivity index (χ2v) is 4.76. The van der Waals surface area contributed by atoms with Gasteiger partial charge in [0, 0.05) is 13.1 Å². The Kier molecular flexibility index (Phi) is 4.81. The van der Waals surface area contributed by atoms with Crippen molar-refractivity contribution in [2.75, 3.05) is 12.4 Å². The molecule has 1 aromatic heterocycles. The minimum atomic E-state index is -0.270. The van der Waals surface area contributed by atoms with Gasteiger partial charge in [-0.2, -0.15) is 0 Å². The fourth-order valence-electron chi connectivity index (χ4n) is 1.94. The molecule has 0 saturated carbocycles. The molecule has 1 amide bonds. The van der Waals surface area contributed by atoms with Gasteiger partial charge < -0.3 is 10.6 Å². The summed E-state index contributed by atoms with van der Waals surface area (Å²) in [5.74, 6) is 0.0840. The van der Waals surface area contributed by atoms with Gasteiger partial charge in [0.15, 0.2) is 5.69 Å². The molecule has 0 fully saturated rings. The van der Waals surface area contributed by atoms with Gasteiger partial charge in [-0.05, 0) is 43.2 Å². The monoisotopic (exact) mass is 288 g/mol. The SMILES string of the molecule is CNC(=O)c1ccc(NC(C)Cc2ccc(F)cc2)nn1. The summed E-state index contributed by atoms with van der Waals surface area (Å²) in [7, 11) is 1.54. The van der Waals surface area contributed by atoms with Gasteiger partial charge >= 0.3 is 0 Å². The van der Waals surface area contributed by atoms with Gasteiger partial charge in [0.05, 0.1) is 0 Å². The van der Waals surface area contributed by atoms with E-state index in [-0.39, 0.29) is 23.5 Å². The van der Waals surface area contributed by atoms with Gasteiger partial charge in [-0.15, -0.1) is 10.2 Å². The predicted octanol–water partition coefficient (Wildman–Crippen LogP) is 2.02. The van der Waals surface area contributed by atoms with Crippen molar-refractivity contribution in [3.63, 3.8) is 0 Å². The molecule has 21 heavy (non-hydrogen) atoms. The van der Waals surface area contributed by atoms with Crippen LogP contribution in [0.25, 0.3) is 0 Å². The zero-order chi connectivity index (χ0) is 15.2. The third kappa shape index (κ3) is 4.24. The zero-order valence-electron chi connectivity index (χ0n) is 11.9. The number of nitrogens with one attached hydrogen (secondary N) is 2. The van der Waals surface area contributed by atoms with E-state index >= 15 is 0 Å². The number of amides is 1. The third-order valence-corrected chi connectivity index (χ3v) is 2.97. The van der Waals surface area contributed by atoms with Gasteiger partial charge in [-0.1, -0.05) is 12.1 Å². The smallest absolute Gasteiger partial charge is 0.271 e. The van der Waals surface area contributed by atoms with E-state index in [1.165, 1.54) is 12.1 Å². The lowest BCUT2D eigenvalue weighted by molar-refractivity contribution is 0.0957. The summed E-state index contributed by atoms with van der Waals surface area (Å²) in [6, 6.07) is 9.83. The van der Waals surface area contributed by atoms with E-state index in [0.29, 0.717) is 5.82 Å². The van der Waals surface area contributed by atoms with Crippen LogP contribution in [0.5, 0.6) is 0 Å². The van der Waals surface area contributed by atoms with E-state index < -0.39 is 0 Å². The molecular formula is C15H17FN4O. The molecule has 0 radical (unpaired) electrons. The summed E-state index contributed by atoms with van der Waals surface area (Å²) < 4.78 is 12.8. The highest BCUT2D eigenvalue weighted by molar-refractivity contribution is 5.91. The number of hydrogen-bond acceptors (Lipinski definition) is 4. The van der Waals surface area contributed by atoms with Crippen LogP contribution in [0.2, 0.25) is 0 Å². The Balaban J connectivity index is 1.94. The third-order valence-electron chi connectivity index (χ3n) is 2.97. The maximum Gasteiger partial charge on any atom is 0.271 e. The second kappa shape index (κ2) is 6.78. The highest BCUT2D eigenvalue weighted by Gasteiger charge is 2.08. The van der Waals surface area contributed by atoms with Crippen LogP contribution in [0.15, 0.2) is 36.4 Å². The van der Waals surface area contributed by atoms with Crippen LogP contribution in [0, 0.1) is 5.82 Å². The van der Waals surface area contributed by atoms with Crippen LogP contribution in [-0.2, 0) is 6.42 Å². The minimum absolute atomic E-state index is 0.107. The van der Waals surface area contributed by atoms with Crippen LogP contribution >= 0.6 is 0 Å². The summed E-state index contributed by atoms with van der Waals surface area (Å²) in [5.41, 5.74) is 1.31. The van der Waals surface area contributed by atoms with E-state index in [4.69, 9.17) is 0 Å². The van der Waals surface area contributed by atoms with Crippen LogP contribution < -0.4 is 10.6 Å². The molecule has 2 aromatic rings. The molecule has 110 valence electrons. The number of carbonyl (C=O) groups is 1. The highest BCUT2D eigenvalue weighted by atomic mass is 19.1. The van der Waals surface area contributed by atoms with Crippen molar-refractivity contribution in [2.45, 2.75) is 19.4 Å². The molecule has 1 atom stereocenters. The molecule has 2 N–H and O–H groups in total. The number of carbonyl (C=O) groups excluding carboxylic acids is 1. The molecule has 0 aliphatic rings. The first kappa shape index (κ1) is 14.9. The van der Waals surface area contributed by atoms with Crippen LogP contribution in [0.1, 0.15) is 23.0 Å². The van der Waals surface area contributed by atoms with Crippen LogP contribution in [0.3, 0.4) is 0 Å². The molecule has 0 saturated heterocycles. The van der Waals surface area contributed by atoms with Crippen molar-refractivity contribution in [3.8, 4) is 0 Å². The Hall–Kier alpha value is -2.50. The van der Waals surface area contributed by atoms with E-state index in [1.54, 1.807) is 31.3 Å². The standard InChI is InChI=1S/C15H17FN4O/c1-10(9-11-3-5-12(16)6-4-11)18-14-8-7-13(19-20-14)15(21)17-2/h3-8,10H,9H2,1-2H3,(H,17,21)(H,18,20). The Bertz CT molecular complexity index is 598. The van der Waals surface area contributed by atoms with E-state index in [2.05, 4.69) is 20.8 Å². The molecule has 6 heteroatoms. The summed E-state index contributed by atoms with van der Waals surface area (Å²) >= 11 is 0. The number of rotatable bonds is 5. The molecule has 2 rings (SSSR count). The van der Waals surface area contributed by atoms with Crippen molar-refractivity contribution in [3.05, 3.63) is 53.5 Å². The molecule has 0 aliphatic carbocycles. The quantitative estimate of drug-likeness (QED) is 0.883. The maximum absolute atomic E-state index is 12.8. The summed E-state index contributed by atoms with van der Waals surface area (Å²) in [4.78, 5) is 11.4. The van der Waals surface area contributed by atoms with Crippen molar-refractivity contribution in [2.24, 2.45) is 0 Å². The normalized spacial score (nSPS) is 11.8. The molecule has 0 bridgehead atoms. The molecule has 0 aliphatic heterocycles. The Labute approximate surface area is 122 Å². The van der Waals surface area contributed by atoms with E-state index in [1.807, 2.05) is 6.92 Å². The number of aromatic nitrogens is 2. The fraction of sp³-hybridized carbons (Fsp3) is 0.267. The lowest BCUT2D eigenvalue weighted by Crippen LogP contribution is -2.21. The zero-order valence-corrected chi connectivity index (χ0v) is 11.9. The van der Waals surface area contributed by atoms with Crippen LogP contribution in [0.4, 0.5) is 10.2 Å². The van der Waals surface area contributed by atoms with Gasteiger partial charge in [-0.3, -0.25) is 4.79 Å². The number of anilines is 1. The average molecular weight is 288 g/mol. The minimum Gasteiger partial charge on any atom is -0.366 e. The highest BCUT2D eigenvalue weighted by Crippen LogP contribution is 2.09. The lowest BCUT2D eigenvalue weighted by Gasteiger charge is -2.14. The molecule has 1 heterocycles. The topological polar surface area (TPSA) is 66.9 Å². The number of benzene rings is 1. The largest absolute Gasteiger partial charge is 0.366 e. The number of hydrogen-bond donors (Lipinski definition) is 2. The van der Waals surface area contributed by atoms with E-state index in [0.717, 1.165) is 12.0 Å². The molecule has 1 unspecified atom stereocenters. The van der Waals surface area contributed by atoms with Crippen molar-refractivity contribution >= 4 is 11.7 Å². The summed E-state index contributed by atoms with van der Waals surface area (Å²) in [6.07, 6.45) is 0.735. The first-order valence-corrected chi connectivity index (χ1v) is 6.65. The number of halogens is 1. The number of nitrogens with zero attached hydrogens (tertiary/aromatic N) is 2. The molecule has 0 spiro atoms. The van der Waals surface area contributed by atoms with Gasteiger partial charge in [0.25, 0.3) is 5.91 Å². The van der Waals surface area contributed by atoms with Crippen LogP contribution in [-0.4, -0.2) is 29.2 Å². The fourth-order valence-corrected chi connectivity index (χ4v) is 1.94. The average Bonchev–Trinajstić information content (AvgIpc) is 2.49. The second-order valence-electron chi connectivity index (χ2n) is 4.76. The first-order valence-electron chi connectivity index (χ1n) is 6.65. The Morgan fingerprint density at radius 3 is 2.48 bits per heavy atom. The Morgan fingerprint density at radius 1 is 1.19 bits per heavy atom. The van der Waals surface area contributed by atoms with Crippen molar-refractivity contribution in [1.82, 2.24) is 15.5 Å². The Morgan fingerprint density at radius 2 is 1.90 bits per heavy atom. The lowest BCUT2D eigenvalue weighted by atomic mass is 10.1. The maximum atomic E-state index is 12.8. The van der Waals surface area contributed by atoms with Crippen molar-refractivity contribution in [1.29, 1.82) is 0 Å². The molecule has 5 nitrogen and oxygen atoms in total. The predicted molar refractivity (Wildman–Crippen MR) is 78.6 cm³/mol. The van der Waals surface area contributed by atoms with Crippen molar-refractivity contribution < 1.29 is 9.18 Å². The molecule has 1 aromatic carbocycles. The van der Waals surface area contributed by atoms with Gasteiger partial charge in [0.2, 0.25) is 0 Å². The van der Waals surface area contributed by atoms with E-state index in [9.17, 15) is 9.18 Å². The summed E-state index contributed by atoms with van der Waals surface area (Å²) in [6.45, 7) is 2.00. The summed E-state index contributed by atoms with van der Waals surface area (Å²) in [5, 5.41) is 13.5.